The second-order valence-corrected chi connectivity index (χ2v) is 5.57. The molecule has 0 atom stereocenters. The quantitative estimate of drug-likeness (QED) is 0.810. The summed E-state index contributed by atoms with van der Waals surface area (Å²) in [5, 5.41) is 0. The van der Waals surface area contributed by atoms with Crippen LogP contribution in [0.5, 0.6) is 0 Å². The number of furan rings is 1. The lowest BCUT2D eigenvalue weighted by atomic mass is 10.0. The number of amides is 1. The van der Waals surface area contributed by atoms with Gasteiger partial charge in [-0.05, 0) is 31.0 Å². The van der Waals surface area contributed by atoms with Crippen molar-refractivity contribution in [2.24, 2.45) is 0 Å². The first kappa shape index (κ1) is 14.6. The van der Waals surface area contributed by atoms with Crippen molar-refractivity contribution in [1.29, 1.82) is 0 Å². The van der Waals surface area contributed by atoms with Crippen molar-refractivity contribution in [3.8, 4) is 11.3 Å². The molecule has 3 rings (SSSR count). The summed E-state index contributed by atoms with van der Waals surface area (Å²) in [6.45, 7) is 1.62. The monoisotopic (exact) mass is 297 g/mol. The number of rotatable bonds is 3. The average molecular weight is 297 g/mol. The van der Waals surface area contributed by atoms with Gasteiger partial charge in [-0.25, -0.2) is 0 Å². The van der Waals surface area contributed by atoms with Gasteiger partial charge in [0.05, 0.1) is 5.56 Å². The second kappa shape index (κ2) is 6.60. The lowest BCUT2D eigenvalue weighted by Gasteiger charge is -2.21. The smallest absolute Gasteiger partial charge is 0.254 e. The van der Waals surface area contributed by atoms with Crippen LogP contribution in [0.15, 0.2) is 40.8 Å². The van der Waals surface area contributed by atoms with Gasteiger partial charge in [-0.2, -0.15) is 0 Å². The first-order valence-electron chi connectivity index (χ1n) is 7.73. The molecule has 0 bridgehead atoms. The molecule has 1 aromatic heterocycles. The van der Waals surface area contributed by atoms with Crippen LogP contribution >= 0.6 is 0 Å². The molecule has 1 amide bonds. The van der Waals surface area contributed by atoms with Crippen LogP contribution in [0, 0.1) is 0 Å². The van der Waals surface area contributed by atoms with E-state index in [-0.39, 0.29) is 11.7 Å². The van der Waals surface area contributed by atoms with Crippen LogP contribution in [0.1, 0.15) is 46.6 Å². The van der Waals surface area contributed by atoms with Crippen molar-refractivity contribution >= 4 is 12.2 Å². The van der Waals surface area contributed by atoms with Crippen molar-refractivity contribution in [2.75, 3.05) is 13.1 Å². The van der Waals surface area contributed by atoms with Gasteiger partial charge in [-0.3, -0.25) is 9.59 Å². The van der Waals surface area contributed by atoms with Crippen LogP contribution in [-0.2, 0) is 0 Å². The summed E-state index contributed by atoms with van der Waals surface area (Å²) in [4.78, 5) is 25.6. The highest BCUT2D eigenvalue weighted by molar-refractivity contribution is 6.00. The molecule has 4 heteroatoms. The maximum Gasteiger partial charge on any atom is 0.254 e. The molecule has 4 nitrogen and oxygen atoms in total. The SMILES string of the molecule is O=Cc1ccc(-c2ccccc2C(=O)N2CCCCCC2)o1. The van der Waals surface area contributed by atoms with Crippen molar-refractivity contribution in [3.63, 3.8) is 0 Å². The molecule has 1 fully saturated rings. The summed E-state index contributed by atoms with van der Waals surface area (Å²) in [5.41, 5.74) is 1.38. The fourth-order valence-corrected chi connectivity index (χ4v) is 2.89. The van der Waals surface area contributed by atoms with Crippen LogP contribution in [0.3, 0.4) is 0 Å². The Hall–Kier alpha value is -2.36. The predicted molar refractivity (Wildman–Crippen MR) is 83.9 cm³/mol. The molecule has 0 saturated carbocycles. The van der Waals surface area contributed by atoms with E-state index in [0.717, 1.165) is 31.5 Å². The molecule has 0 spiro atoms. The molecule has 114 valence electrons. The molecule has 1 aliphatic rings. The third kappa shape index (κ3) is 2.96. The molecule has 0 unspecified atom stereocenters. The van der Waals surface area contributed by atoms with Gasteiger partial charge in [-0.15, -0.1) is 0 Å². The van der Waals surface area contributed by atoms with Crippen LogP contribution in [0.25, 0.3) is 11.3 Å². The number of hydrogen-bond donors (Lipinski definition) is 0. The molecule has 2 heterocycles. The van der Waals surface area contributed by atoms with Gasteiger partial charge in [0.2, 0.25) is 0 Å². The standard InChI is InChI=1S/C18H19NO3/c20-13-14-9-10-17(22-14)15-7-3-4-8-16(15)18(21)19-11-5-1-2-6-12-19/h3-4,7-10,13H,1-2,5-6,11-12H2. The molecule has 22 heavy (non-hydrogen) atoms. The predicted octanol–water partition coefficient (Wildman–Crippen LogP) is 3.78. The maximum absolute atomic E-state index is 12.8. The fourth-order valence-electron chi connectivity index (χ4n) is 2.89. The van der Waals surface area contributed by atoms with Crippen LogP contribution in [0.4, 0.5) is 0 Å². The summed E-state index contributed by atoms with van der Waals surface area (Å²) in [5.74, 6) is 0.870. The summed E-state index contributed by atoms with van der Waals surface area (Å²) in [6.07, 6.45) is 5.16. The highest BCUT2D eigenvalue weighted by Crippen LogP contribution is 2.27. The van der Waals surface area contributed by atoms with Gasteiger partial charge in [-0.1, -0.05) is 31.0 Å². The van der Waals surface area contributed by atoms with Gasteiger partial charge in [0, 0.05) is 18.7 Å². The normalized spacial score (nSPS) is 15.4. The van der Waals surface area contributed by atoms with Crippen molar-refractivity contribution in [2.45, 2.75) is 25.7 Å². The van der Waals surface area contributed by atoms with Crippen LogP contribution in [0.2, 0.25) is 0 Å². The summed E-state index contributed by atoms with van der Waals surface area (Å²) in [6, 6.07) is 10.8. The Bertz CT molecular complexity index is 666. The van der Waals surface area contributed by atoms with Gasteiger partial charge in [0.1, 0.15) is 5.76 Å². The fraction of sp³-hybridized carbons (Fsp3) is 0.333. The van der Waals surface area contributed by atoms with Gasteiger partial charge in [0.15, 0.2) is 12.0 Å². The van der Waals surface area contributed by atoms with Crippen molar-refractivity contribution in [1.82, 2.24) is 4.90 Å². The Labute approximate surface area is 129 Å². The van der Waals surface area contributed by atoms with E-state index in [1.54, 1.807) is 12.1 Å². The van der Waals surface area contributed by atoms with Crippen molar-refractivity contribution < 1.29 is 14.0 Å². The molecular weight excluding hydrogens is 278 g/mol. The Kier molecular flexibility index (Phi) is 4.37. The van der Waals surface area contributed by atoms with Gasteiger partial charge >= 0.3 is 0 Å². The minimum absolute atomic E-state index is 0.0431. The van der Waals surface area contributed by atoms with E-state index in [4.69, 9.17) is 4.42 Å². The largest absolute Gasteiger partial charge is 0.453 e. The van der Waals surface area contributed by atoms with E-state index < -0.39 is 0 Å². The lowest BCUT2D eigenvalue weighted by Crippen LogP contribution is -2.32. The highest BCUT2D eigenvalue weighted by atomic mass is 16.3. The Morgan fingerprint density at radius 3 is 2.41 bits per heavy atom. The molecule has 1 aromatic carbocycles. The molecule has 0 aliphatic carbocycles. The van der Waals surface area contributed by atoms with E-state index in [1.807, 2.05) is 29.2 Å². The number of carbonyl (C=O) groups excluding carboxylic acids is 2. The zero-order valence-electron chi connectivity index (χ0n) is 12.5. The van der Waals surface area contributed by atoms with E-state index in [1.165, 1.54) is 12.8 Å². The third-order valence-corrected chi connectivity index (χ3v) is 4.06. The first-order chi connectivity index (χ1) is 10.8. The molecular formula is C18H19NO3. The number of aldehydes is 1. The van der Waals surface area contributed by atoms with Crippen LogP contribution in [-0.4, -0.2) is 30.2 Å². The molecule has 0 radical (unpaired) electrons. The number of hydrogen-bond acceptors (Lipinski definition) is 3. The number of nitrogens with zero attached hydrogens (tertiary/aromatic N) is 1. The van der Waals surface area contributed by atoms with E-state index in [0.29, 0.717) is 17.6 Å². The molecule has 2 aromatic rings. The average Bonchev–Trinajstić information content (AvgIpc) is 2.88. The summed E-state index contributed by atoms with van der Waals surface area (Å²) < 4.78 is 5.48. The zero-order chi connectivity index (χ0) is 15.4. The molecule has 0 N–H and O–H groups in total. The minimum atomic E-state index is 0.0431. The number of likely N-dealkylation sites (tertiary alicyclic amines) is 1. The van der Waals surface area contributed by atoms with Gasteiger partial charge in [0.25, 0.3) is 5.91 Å². The maximum atomic E-state index is 12.8. The van der Waals surface area contributed by atoms with Gasteiger partial charge < -0.3 is 9.32 Å². The zero-order valence-corrected chi connectivity index (χ0v) is 12.5. The summed E-state index contributed by atoms with van der Waals surface area (Å²) >= 11 is 0. The van der Waals surface area contributed by atoms with E-state index >= 15 is 0 Å². The second-order valence-electron chi connectivity index (χ2n) is 5.57. The first-order valence-corrected chi connectivity index (χ1v) is 7.73. The highest BCUT2D eigenvalue weighted by Gasteiger charge is 2.21. The minimum Gasteiger partial charge on any atom is -0.453 e. The Morgan fingerprint density at radius 2 is 1.73 bits per heavy atom. The Balaban J connectivity index is 1.93. The molecule has 1 aliphatic heterocycles. The van der Waals surface area contributed by atoms with Crippen molar-refractivity contribution in [3.05, 3.63) is 47.7 Å². The number of carbonyl (C=O) groups is 2. The number of benzene rings is 1. The molecule has 1 saturated heterocycles. The van der Waals surface area contributed by atoms with E-state index in [2.05, 4.69) is 0 Å². The lowest BCUT2D eigenvalue weighted by molar-refractivity contribution is 0.0762. The third-order valence-electron chi connectivity index (χ3n) is 4.06. The summed E-state index contributed by atoms with van der Waals surface area (Å²) in [7, 11) is 0. The van der Waals surface area contributed by atoms with E-state index in [9.17, 15) is 9.59 Å². The van der Waals surface area contributed by atoms with Crippen LogP contribution < -0.4 is 0 Å². The Morgan fingerprint density at radius 1 is 1.00 bits per heavy atom. The topological polar surface area (TPSA) is 50.5 Å².